The molecule has 0 saturated carbocycles. The highest BCUT2D eigenvalue weighted by Gasteiger charge is 2.22. The molecule has 21 heavy (non-hydrogen) atoms. The fraction of sp³-hybridized carbons (Fsp3) is 0.615. The molecule has 0 bridgehead atoms. The van der Waals surface area contributed by atoms with Crippen LogP contribution in [-0.2, 0) is 6.54 Å². The summed E-state index contributed by atoms with van der Waals surface area (Å²) in [4.78, 5) is 19.3. The first-order valence-corrected chi connectivity index (χ1v) is 7.79. The molecule has 3 rings (SSSR count). The van der Waals surface area contributed by atoms with Gasteiger partial charge in [0.15, 0.2) is 0 Å². The molecule has 1 atom stereocenters. The third-order valence-electron chi connectivity index (χ3n) is 3.77. The standard InChI is InChI=1S/C13H19N5OS.ClH/c1-9-6-12(19)18-13(15-9)20-11(16-18)8-17-5-3-2-4-10(17)7-14;/h6,10H,2-5,7-8,14H2,1H3;1H. The van der Waals surface area contributed by atoms with Crippen molar-refractivity contribution in [2.45, 2.75) is 38.8 Å². The summed E-state index contributed by atoms with van der Waals surface area (Å²) in [5, 5.41) is 5.32. The van der Waals surface area contributed by atoms with Crippen LogP contribution in [0, 0.1) is 6.92 Å². The molecule has 1 fully saturated rings. The number of aryl methyl sites for hydroxylation is 1. The quantitative estimate of drug-likeness (QED) is 0.915. The Labute approximate surface area is 133 Å². The summed E-state index contributed by atoms with van der Waals surface area (Å²) in [7, 11) is 0. The first-order valence-electron chi connectivity index (χ1n) is 6.98. The number of hydrogen-bond donors (Lipinski definition) is 1. The Hall–Kier alpha value is -1.02. The zero-order valence-corrected chi connectivity index (χ0v) is 13.6. The van der Waals surface area contributed by atoms with Gasteiger partial charge in [-0.3, -0.25) is 9.69 Å². The van der Waals surface area contributed by atoms with Crippen molar-refractivity contribution in [2.24, 2.45) is 5.73 Å². The monoisotopic (exact) mass is 329 g/mol. The predicted octanol–water partition coefficient (Wildman–Crippen LogP) is 1.19. The second-order valence-corrected chi connectivity index (χ2v) is 6.32. The summed E-state index contributed by atoms with van der Waals surface area (Å²) in [6.07, 6.45) is 3.61. The van der Waals surface area contributed by atoms with Crippen molar-refractivity contribution in [1.29, 1.82) is 0 Å². The van der Waals surface area contributed by atoms with E-state index >= 15 is 0 Å². The molecule has 0 radical (unpaired) electrons. The zero-order valence-electron chi connectivity index (χ0n) is 12.0. The Kier molecular flexibility index (Phi) is 5.32. The number of nitrogens with zero attached hydrogens (tertiary/aromatic N) is 4. The van der Waals surface area contributed by atoms with Gasteiger partial charge in [0.1, 0.15) is 5.01 Å². The van der Waals surface area contributed by atoms with Crippen LogP contribution >= 0.6 is 23.7 Å². The van der Waals surface area contributed by atoms with Crippen molar-refractivity contribution in [2.75, 3.05) is 13.1 Å². The van der Waals surface area contributed by atoms with Crippen molar-refractivity contribution in [3.8, 4) is 0 Å². The highest BCUT2D eigenvalue weighted by molar-refractivity contribution is 7.16. The molecule has 6 nitrogen and oxygen atoms in total. The van der Waals surface area contributed by atoms with Crippen LogP contribution in [0.4, 0.5) is 0 Å². The molecule has 0 spiro atoms. The van der Waals surface area contributed by atoms with Crippen LogP contribution < -0.4 is 11.3 Å². The van der Waals surface area contributed by atoms with E-state index in [4.69, 9.17) is 5.73 Å². The molecule has 2 N–H and O–H groups in total. The van der Waals surface area contributed by atoms with E-state index in [9.17, 15) is 4.79 Å². The van der Waals surface area contributed by atoms with Crippen LogP contribution in [0.3, 0.4) is 0 Å². The minimum Gasteiger partial charge on any atom is -0.329 e. The van der Waals surface area contributed by atoms with Gasteiger partial charge in [0.05, 0.1) is 6.54 Å². The molecule has 1 aliphatic rings. The minimum atomic E-state index is -0.107. The van der Waals surface area contributed by atoms with Crippen molar-refractivity contribution in [3.63, 3.8) is 0 Å². The number of hydrogen-bond acceptors (Lipinski definition) is 6. The molecule has 116 valence electrons. The van der Waals surface area contributed by atoms with E-state index in [1.807, 2.05) is 6.92 Å². The first-order chi connectivity index (χ1) is 9.67. The maximum absolute atomic E-state index is 11.9. The largest absolute Gasteiger partial charge is 0.329 e. The van der Waals surface area contributed by atoms with Gasteiger partial charge in [-0.2, -0.15) is 9.61 Å². The van der Waals surface area contributed by atoms with Gasteiger partial charge in [-0.05, 0) is 26.3 Å². The van der Waals surface area contributed by atoms with Crippen LogP contribution in [0.25, 0.3) is 4.96 Å². The number of likely N-dealkylation sites (tertiary alicyclic amines) is 1. The second-order valence-electron chi connectivity index (χ2n) is 5.28. The maximum Gasteiger partial charge on any atom is 0.275 e. The van der Waals surface area contributed by atoms with Gasteiger partial charge in [-0.1, -0.05) is 17.8 Å². The van der Waals surface area contributed by atoms with Crippen LogP contribution in [0.2, 0.25) is 0 Å². The number of fused-ring (bicyclic) bond motifs is 1. The molecular weight excluding hydrogens is 310 g/mol. The average molecular weight is 330 g/mol. The normalized spacial score (nSPS) is 19.6. The SMILES string of the molecule is Cc1cc(=O)n2nc(CN3CCCCC3CN)sc2n1.Cl. The molecule has 0 aliphatic carbocycles. The minimum absolute atomic E-state index is 0. The smallest absolute Gasteiger partial charge is 0.275 e. The molecule has 1 aliphatic heterocycles. The molecule has 1 unspecified atom stereocenters. The van der Waals surface area contributed by atoms with Gasteiger partial charge in [-0.15, -0.1) is 12.4 Å². The highest BCUT2D eigenvalue weighted by atomic mass is 35.5. The highest BCUT2D eigenvalue weighted by Crippen LogP contribution is 2.21. The molecule has 1 saturated heterocycles. The Balaban J connectivity index is 0.00000161. The van der Waals surface area contributed by atoms with Gasteiger partial charge in [0, 0.05) is 24.3 Å². The fourth-order valence-corrected chi connectivity index (χ4v) is 3.70. The Morgan fingerprint density at radius 3 is 3.05 bits per heavy atom. The Bertz CT molecular complexity index is 670. The van der Waals surface area contributed by atoms with Crippen LogP contribution in [-0.4, -0.2) is 38.6 Å². The average Bonchev–Trinajstić information content (AvgIpc) is 2.82. The van der Waals surface area contributed by atoms with E-state index < -0.39 is 0 Å². The predicted molar refractivity (Wildman–Crippen MR) is 86.2 cm³/mol. The number of halogens is 1. The molecule has 8 heteroatoms. The number of aromatic nitrogens is 3. The van der Waals surface area contributed by atoms with Gasteiger partial charge >= 0.3 is 0 Å². The summed E-state index contributed by atoms with van der Waals surface area (Å²) in [6.45, 7) is 4.33. The lowest BCUT2D eigenvalue weighted by Crippen LogP contribution is -2.43. The van der Waals surface area contributed by atoms with E-state index in [2.05, 4.69) is 15.0 Å². The summed E-state index contributed by atoms with van der Waals surface area (Å²) in [6, 6.07) is 1.95. The second kappa shape index (κ2) is 6.83. The van der Waals surface area contributed by atoms with E-state index in [0.717, 1.165) is 30.2 Å². The van der Waals surface area contributed by atoms with Crippen molar-refractivity contribution >= 4 is 28.7 Å². The van der Waals surface area contributed by atoms with Crippen LogP contribution in [0.15, 0.2) is 10.9 Å². The van der Waals surface area contributed by atoms with E-state index in [-0.39, 0.29) is 18.0 Å². The van der Waals surface area contributed by atoms with E-state index in [1.54, 1.807) is 0 Å². The van der Waals surface area contributed by atoms with Crippen LogP contribution in [0.1, 0.15) is 30.0 Å². The topological polar surface area (TPSA) is 76.5 Å². The Morgan fingerprint density at radius 1 is 1.48 bits per heavy atom. The Morgan fingerprint density at radius 2 is 2.29 bits per heavy atom. The summed E-state index contributed by atoms with van der Waals surface area (Å²) in [5.41, 5.74) is 6.47. The summed E-state index contributed by atoms with van der Waals surface area (Å²) >= 11 is 1.49. The van der Waals surface area contributed by atoms with Crippen molar-refractivity contribution in [1.82, 2.24) is 19.5 Å². The molecule has 2 aromatic heterocycles. The van der Waals surface area contributed by atoms with Crippen molar-refractivity contribution in [3.05, 3.63) is 27.1 Å². The summed E-state index contributed by atoms with van der Waals surface area (Å²) < 4.78 is 1.40. The van der Waals surface area contributed by atoms with Crippen LogP contribution in [0.5, 0.6) is 0 Å². The molecule has 0 amide bonds. The van der Waals surface area contributed by atoms with Crippen molar-refractivity contribution < 1.29 is 0 Å². The van der Waals surface area contributed by atoms with E-state index in [1.165, 1.54) is 34.8 Å². The fourth-order valence-electron chi connectivity index (χ4n) is 2.73. The maximum atomic E-state index is 11.9. The molecule has 2 aromatic rings. The lowest BCUT2D eigenvalue weighted by molar-refractivity contribution is 0.144. The van der Waals surface area contributed by atoms with Gasteiger partial charge < -0.3 is 5.73 Å². The lowest BCUT2D eigenvalue weighted by Gasteiger charge is -2.34. The third-order valence-corrected chi connectivity index (χ3v) is 4.67. The molecule has 3 heterocycles. The van der Waals surface area contributed by atoms with Gasteiger partial charge in [0.2, 0.25) is 4.96 Å². The van der Waals surface area contributed by atoms with E-state index in [0.29, 0.717) is 17.5 Å². The van der Waals surface area contributed by atoms with Gasteiger partial charge in [0.25, 0.3) is 5.56 Å². The third kappa shape index (κ3) is 3.42. The molecular formula is C13H20ClN5OS. The number of piperidine rings is 1. The number of nitrogens with two attached hydrogens (primary N) is 1. The van der Waals surface area contributed by atoms with Gasteiger partial charge in [-0.25, -0.2) is 4.98 Å². The zero-order chi connectivity index (χ0) is 14.1. The molecule has 0 aromatic carbocycles. The number of rotatable bonds is 3. The first kappa shape index (κ1) is 16.4. The summed E-state index contributed by atoms with van der Waals surface area (Å²) in [5.74, 6) is 0. The lowest BCUT2D eigenvalue weighted by atomic mass is 10.0.